The van der Waals surface area contributed by atoms with Crippen molar-refractivity contribution < 1.29 is 19.4 Å². The lowest BCUT2D eigenvalue weighted by molar-refractivity contribution is -0.139. The van der Waals surface area contributed by atoms with Gasteiger partial charge in [0, 0.05) is 12.6 Å². The number of guanidine groups is 1. The number of carboxylic acid groups (broad SMARTS) is 1. The van der Waals surface area contributed by atoms with Crippen LogP contribution >= 0.6 is 0 Å². The lowest BCUT2D eigenvalue weighted by Crippen LogP contribution is -2.41. The van der Waals surface area contributed by atoms with Crippen LogP contribution in [0.5, 0.6) is 0 Å². The number of ether oxygens (including phenoxy) is 1. The van der Waals surface area contributed by atoms with E-state index in [-0.39, 0.29) is 19.0 Å². The summed E-state index contributed by atoms with van der Waals surface area (Å²) in [4.78, 5) is 22.7. The molecular weight excluding hydrogens is 374 g/mol. The number of hydrogen-bond acceptors (Lipinski definition) is 5. The van der Waals surface area contributed by atoms with Gasteiger partial charge in [-0.25, -0.2) is 9.59 Å². The number of carboxylic acids is 1. The monoisotopic (exact) mass is 407 g/mol. The van der Waals surface area contributed by atoms with Gasteiger partial charge in [0.2, 0.25) is 0 Å². The van der Waals surface area contributed by atoms with Crippen LogP contribution in [0.2, 0.25) is 0 Å². The Morgan fingerprint density at radius 1 is 1.21 bits per heavy atom. The first-order chi connectivity index (χ1) is 13.9. The van der Waals surface area contributed by atoms with Crippen LogP contribution in [0.4, 0.5) is 4.79 Å². The van der Waals surface area contributed by atoms with Gasteiger partial charge in [0.05, 0.1) is 0 Å². The fourth-order valence-electron chi connectivity index (χ4n) is 2.83. The third-order valence-corrected chi connectivity index (χ3v) is 4.44. The van der Waals surface area contributed by atoms with Gasteiger partial charge in [0.25, 0.3) is 0 Å². The molecule has 1 aromatic carbocycles. The molecule has 9 nitrogen and oxygen atoms in total. The number of nitrogens with two attached hydrogens (primary N) is 2. The van der Waals surface area contributed by atoms with Gasteiger partial charge in [0.1, 0.15) is 12.6 Å². The second-order valence-corrected chi connectivity index (χ2v) is 6.98. The molecule has 1 atom stereocenters. The van der Waals surface area contributed by atoms with Crippen molar-refractivity contribution in [2.75, 3.05) is 6.54 Å². The second-order valence-electron chi connectivity index (χ2n) is 6.98. The van der Waals surface area contributed by atoms with Crippen LogP contribution in [-0.2, 0) is 16.1 Å². The van der Waals surface area contributed by atoms with Gasteiger partial charge in [-0.1, -0.05) is 49.6 Å². The maximum atomic E-state index is 11.6. The number of nitrogens with one attached hydrogen (secondary N) is 3. The molecule has 1 aliphatic rings. The number of hydrogen-bond donors (Lipinski definition) is 6. The van der Waals surface area contributed by atoms with Crippen molar-refractivity contribution in [3.05, 3.63) is 35.9 Å². The minimum Gasteiger partial charge on any atom is -0.480 e. The van der Waals surface area contributed by atoms with Crippen molar-refractivity contribution in [3.8, 4) is 0 Å². The van der Waals surface area contributed by atoms with Gasteiger partial charge in [-0.15, -0.1) is 0 Å². The van der Waals surface area contributed by atoms with Crippen molar-refractivity contribution >= 4 is 18.0 Å². The molecule has 0 spiro atoms. The first kappa shape index (κ1) is 24.2. The molecule has 1 unspecified atom stereocenters. The highest BCUT2D eigenvalue weighted by molar-refractivity contribution is 5.79. The molecule has 0 radical (unpaired) electrons. The number of rotatable bonds is 8. The van der Waals surface area contributed by atoms with Crippen molar-refractivity contribution in [2.45, 2.75) is 63.6 Å². The van der Waals surface area contributed by atoms with E-state index in [2.05, 4.69) is 10.6 Å². The molecule has 8 N–H and O–H groups in total. The molecule has 0 bridgehead atoms. The molecule has 1 amide bonds. The molecule has 9 heteroatoms. The predicted octanol–water partition coefficient (Wildman–Crippen LogP) is 1.91. The molecule has 1 fully saturated rings. The van der Waals surface area contributed by atoms with Crippen LogP contribution in [0, 0.1) is 5.41 Å². The fraction of sp³-hybridized carbons (Fsp3) is 0.550. The van der Waals surface area contributed by atoms with E-state index < -0.39 is 18.1 Å². The van der Waals surface area contributed by atoms with E-state index in [1.165, 1.54) is 32.1 Å². The zero-order valence-electron chi connectivity index (χ0n) is 16.7. The number of carbonyl (C=O) groups is 2. The Kier molecular flexibility index (Phi) is 11.9. The molecule has 1 aliphatic carbocycles. The van der Waals surface area contributed by atoms with Gasteiger partial charge in [-0.3, -0.25) is 5.41 Å². The van der Waals surface area contributed by atoms with Crippen molar-refractivity contribution in [3.63, 3.8) is 0 Å². The van der Waals surface area contributed by atoms with E-state index in [1.54, 1.807) is 12.1 Å². The average Bonchev–Trinajstić information content (AvgIpc) is 2.70. The van der Waals surface area contributed by atoms with E-state index in [0.29, 0.717) is 19.0 Å². The molecule has 0 saturated heterocycles. The number of carbonyl (C=O) groups excluding carboxylic acids is 1. The molecule has 0 heterocycles. The van der Waals surface area contributed by atoms with E-state index in [9.17, 15) is 9.59 Å². The molecule has 1 saturated carbocycles. The predicted molar refractivity (Wildman–Crippen MR) is 111 cm³/mol. The summed E-state index contributed by atoms with van der Waals surface area (Å²) in [5.74, 6) is -1.32. The summed E-state index contributed by atoms with van der Waals surface area (Å²) in [7, 11) is 0. The van der Waals surface area contributed by atoms with Gasteiger partial charge >= 0.3 is 12.1 Å². The zero-order chi connectivity index (χ0) is 21.5. The first-order valence-corrected chi connectivity index (χ1v) is 9.92. The molecule has 1 aromatic rings. The standard InChI is InChI=1S/C14H20N4O4.C6H13N/c15-13(16)17-8-4-7-11(12(19)20)18-14(21)22-9-10-5-2-1-3-6-10;7-6-4-2-1-3-5-6/h1-3,5-6,11H,4,7-9H2,(H,18,21)(H,19,20)(H4,15,16,17);6H,1-5,7H2. The van der Waals surface area contributed by atoms with Crippen molar-refractivity contribution in [1.82, 2.24) is 10.6 Å². The van der Waals surface area contributed by atoms with Crippen molar-refractivity contribution in [2.24, 2.45) is 11.5 Å². The molecule has 29 heavy (non-hydrogen) atoms. The van der Waals surface area contributed by atoms with Crippen LogP contribution in [0.25, 0.3) is 0 Å². The normalized spacial score (nSPS) is 14.7. The Morgan fingerprint density at radius 2 is 1.86 bits per heavy atom. The van der Waals surface area contributed by atoms with E-state index in [4.69, 9.17) is 26.7 Å². The highest BCUT2D eigenvalue weighted by atomic mass is 16.5. The SMILES string of the molecule is N=C(N)NCCCC(NC(=O)OCc1ccccc1)C(=O)O.NC1CCCCC1. The first-order valence-electron chi connectivity index (χ1n) is 9.92. The molecule has 2 rings (SSSR count). The van der Waals surface area contributed by atoms with E-state index >= 15 is 0 Å². The quantitative estimate of drug-likeness (QED) is 0.218. The summed E-state index contributed by atoms with van der Waals surface area (Å²) in [6, 6.07) is 8.58. The Morgan fingerprint density at radius 3 is 2.38 bits per heavy atom. The van der Waals surface area contributed by atoms with Crippen LogP contribution in [0.3, 0.4) is 0 Å². The highest BCUT2D eigenvalue weighted by Crippen LogP contribution is 2.14. The lowest BCUT2D eigenvalue weighted by Gasteiger charge is -2.15. The van der Waals surface area contributed by atoms with Crippen LogP contribution in [-0.4, -0.2) is 41.8 Å². The summed E-state index contributed by atoms with van der Waals surface area (Å²) < 4.78 is 4.97. The summed E-state index contributed by atoms with van der Waals surface area (Å²) in [5.41, 5.74) is 11.6. The maximum absolute atomic E-state index is 11.6. The summed E-state index contributed by atoms with van der Waals surface area (Å²) in [6.07, 6.45) is 6.53. The van der Waals surface area contributed by atoms with Crippen molar-refractivity contribution in [1.29, 1.82) is 5.41 Å². The van der Waals surface area contributed by atoms with Crippen LogP contribution in [0.15, 0.2) is 30.3 Å². The minimum atomic E-state index is -1.14. The van der Waals surface area contributed by atoms with Crippen LogP contribution in [0.1, 0.15) is 50.5 Å². The number of amides is 1. The van der Waals surface area contributed by atoms with Gasteiger partial charge in [0.15, 0.2) is 5.96 Å². The largest absolute Gasteiger partial charge is 0.480 e. The summed E-state index contributed by atoms with van der Waals surface area (Å²) in [6.45, 7) is 0.435. The van der Waals surface area contributed by atoms with E-state index in [1.807, 2.05) is 18.2 Å². The average molecular weight is 408 g/mol. The van der Waals surface area contributed by atoms with Crippen LogP contribution < -0.4 is 22.1 Å². The third-order valence-electron chi connectivity index (χ3n) is 4.44. The number of benzene rings is 1. The van der Waals surface area contributed by atoms with E-state index in [0.717, 1.165) is 5.56 Å². The van der Waals surface area contributed by atoms with Gasteiger partial charge in [-0.05, 0) is 31.2 Å². The summed E-state index contributed by atoms with van der Waals surface area (Å²) >= 11 is 0. The smallest absolute Gasteiger partial charge is 0.408 e. The molecular formula is C20H33N5O4. The number of aliphatic carboxylic acids is 1. The third kappa shape index (κ3) is 12.3. The lowest BCUT2D eigenvalue weighted by atomic mass is 9.97. The van der Waals surface area contributed by atoms with Gasteiger partial charge < -0.3 is 31.9 Å². The highest BCUT2D eigenvalue weighted by Gasteiger charge is 2.20. The Hall–Kier alpha value is -2.81. The van der Waals surface area contributed by atoms with Gasteiger partial charge in [-0.2, -0.15) is 0 Å². The molecule has 0 aromatic heterocycles. The summed E-state index contributed by atoms with van der Waals surface area (Å²) in [5, 5.41) is 20.9. The number of alkyl carbamates (subject to hydrolysis) is 1. The minimum absolute atomic E-state index is 0.0743. The Bertz CT molecular complexity index is 621. The molecule has 0 aliphatic heterocycles. The Labute approximate surface area is 171 Å². The maximum Gasteiger partial charge on any atom is 0.408 e. The Balaban J connectivity index is 0.000000502. The fourth-order valence-corrected chi connectivity index (χ4v) is 2.83. The second kappa shape index (κ2) is 14.2. The topological polar surface area (TPSA) is 164 Å². The zero-order valence-corrected chi connectivity index (χ0v) is 16.7. The molecule has 162 valence electrons.